The zero-order chi connectivity index (χ0) is 12.7. The molecule has 0 aromatic heterocycles. The number of hydrogen-bond donors (Lipinski definition) is 1. The summed E-state index contributed by atoms with van der Waals surface area (Å²) < 4.78 is 5.22. The molecule has 1 fully saturated rings. The van der Waals surface area contributed by atoms with E-state index in [1.807, 2.05) is 0 Å². The summed E-state index contributed by atoms with van der Waals surface area (Å²) >= 11 is 0. The van der Waals surface area contributed by atoms with E-state index in [2.05, 4.69) is 26.1 Å². The predicted molar refractivity (Wildman–Crippen MR) is 74.2 cm³/mol. The quantitative estimate of drug-likeness (QED) is 0.702. The van der Waals surface area contributed by atoms with E-state index in [1.54, 1.807) is 7.11 Å². The second-order valence-electron chi connectivity index (χ2n) is 5.92. The van der Waals surface area contributed by atoms with Crippen molar-refractivity contribution in [2.45, 2.75) is 58.9 Å². The molecule has 4 atom stereocenters. The van der Waals surface area contributed by atoms with Crippen LogP contribution in [-0.4, -0.2) is 26.3 Å². The van der Waals surface area contributed by atoms with E-state index in [-0.39, 0.29) is 0 Å². The molecule has 0 radical (unpaired) electrons. The lowest BCUT2D eigenvalue weighted by molar-refractivity contribution is 0.157. The van der Waals surface area contributed by atoms with E-state index >= 15 is 0 Å². The van der Waals surface area contributed by atoms with Crippen LogP contribution in [-0.2, 0) is 4.74 Å². The van der Waals surface area contributed by atoms with Crippen molar-refractivity contribution in [2.75, 3.05) is 20.3 Å². The summed E-state index contributed by atoms with van der Waals surface area (Å²) in [5.74, 6) is 2.56. The summed E-state index contributed by atoms with van der Waals surface area (Å²) in [6.07, 6.45) is 6.67. The molecule has 1 saturated carbocycles. The van der Waals surface area contributed by atoms with Gasteiger partial charge in [0.1, 0.15) is 0 Å². The maximum Gasteiger partial charge on any atom is 0.0465 e. The molecular weight excluding hydrogens is 210 g/mol. The number of methoxy groups -OCH3 is 1. The number of ether oxygens (including phenoxy) is 1. The van der Waals surface area contributed by atoms with Crippen LogP contribution >= 0.6 is 0 Å². The zero-order valence-electron chi connectivity index (χ0n) is 12.2. The SMILES string of the molecule is CCCNC(C(C)CCOC)C1CCC(C)C1. The van der Waals surface area contributed by atoms with Crippen molar-refractivity contribution < 1.29 is 4.74 Å². The average Bonchev–Trinajstić information content (AvgIpc) is 2.73. The molecule has 2 heteroatoms. The van der Waals surface area contributed by atoms with Gasteiger partial charge >= 0.3 is 0 Å². The Morgan fingerprint density at radius 3 is 2.65 bits per heavy atom. The molecule has 4 unspecified atom stereocenters. The third-order valence-electron chi connectivity index (χ3n) is 4.26. The molecule has 0 aromatic rings. The molecule has 102 valence electrons. The first-order valence-electron chi connectivity index (χ1n) is 7.41. The third-order valence-corrected chi connectivity index (χ3v) is 4.26. The van der Waals surface area contributed by atoms with Crippen LogP contribution in [0.4, 0.5) is 0 Å². The maximum atomic E-state index is 5.22. The molecule has 0 heterocycles. The summed E-state index contributed by atoms with van der Waals surface area (Å²) in [5, 5.41) is 3.79. The first-order valence-corrected chi connectivity index (χ1v) is 7.41. The Bertz CT molecular complexity index is 195. The zero-order valence-corrected chi connectivity index (χ0v) is 12.2. The van der Waals surface area contributed by atoms with Crippen molar-refractivity contribution >= 4 is 0 Å². The minimum atomic E-state index is 0.704. The highest BCUT2D eigenvalue weighted by Crippen LogP contribution is 2.35. The van der Waals surface area contributed by atoms with Gasteiger partial charge in [0.2, 0.25) is 0 Å². The molecule has 0 aliphatic heterocycles. The van der Waals surface area contributed by atoms with Gasteiger partial charge in [-0.2, -0.15) is 0 Å². The van der Waals surface area contributed by atoms with Gasteiger partial charge in [0.05, 0.1) is 0 Å². The Labute approximate surface area is 108 Å². The number of nitrogens with one attached hydrogen (secondary N) is 1. The van der Waals surface area contributed by atoms with Crippen LogP contribution in [0.15, 0.2) is 0 Å². The van der Waals surface area contributed by atoms with Crippen LogP contribution in [0.25, 0.3) is 0 Å². The van der Waals surface area contributed by atoms with Crippen molar-refractivity contribution in [3.05, 3.63) is 0 Å². The lowest BCUT2D eigenvalue weighted by atomic mass is 9.85. The standard InChI is InChI=1S/C15H31NO/c1-5-9-16-15(13(3)8-10-17-4)14-7-6-12(2)11-14/h12-16H,5-11H2,1-4H3. The molecule has 0 saturated heterocycles. The highest BCUT2D eigenvalue weighted by Gasteiger charge is 2.31. The van der Waals surface area contributed by atoms with Crippen molar-refractivity contribution in [2.24, 2.45) is 17.8 Å². The molecule has 1 rings (SSSR count). The van der Waals surface area contributed by atoms with Crippen LogP contribution in [0, 0.1) is 17.8 Å². The summed E-state index contributed by atoms with van der Waals surface area (Å²) in [5.41, 5.74) is 0. The first-order chi connectivity index (χ1) is 8.19. The van der Waals surface area contributed by atoms with Gasteiger partial charge < -0.3 is 10.1 Å². The van der Waals surface area contributed by atoms with E-state index in [9.17, 15) is 0 Å². The molecule has 1 aliphatic rings. The summed E-state index contributed by atoms with van der Waals surface area (Å²) in [7, 11) is 1.80. The van der Waals surface area contributed by atoms with Gasteiger partial charge in [-0.05, 0) is 50.0 Å². The molecule has 0 aromatic carbocycles. The molecular formula is C15H31NO. The Kier molecular flexibility index (Phi) is 7.14. The predicted octanol–water partition coefficient (Wildman–Crippen LogP) is 3.46. The second-order valence-corrected chi connectivity index (χ2v) is 5.92. The van der Waals surface area contributed by atoms with Crippen molar-refractivity contribution in [3.63, 3.8) is 0 Å². The Balaban J connectivity index is 2.46. The molecule has 2 nitrogen and oxygen atoms in total. The molecule has 17 heavy (non-hydrogen) atoms. The van der Waals surface area contributed by atoms with Crippen LogP contribution in [0.1, 0.15) is 52.9 Å². The number of rotatable bonds is 8. The summed E-state index contributed by atoms with van der Waals surface area (Å²) in [6, 6.07) is 0.704. The van der Waals surface area contributed by atoms with Gasteiger partial charge in [-0.1, -0.05) is 27.2 Å². The van der Waals surface area contributed by atoms with Gasteiger partial charge in [0.15, 0.2) is 0 Å². The summed E-state index contributed by atoms with van der Waals surface area (Å²) in [6.45, 7) is 9.09. The average molecular weight is 241 g/mol. The van der Waals surface area contributed by atoms with Gasteiger partial charge in [0.25, 0.3) is 0 Å². The van der Waals surface area contributed by atoms with E-state index in [1.165, 1.54) is 32.1 Å². The largest absolute Gasteiger partial charge is 0.385 e. The van der Waals surface area contributed by atoms with Gasteiger partial charge in [0, 0.05) is 19.8 Å². The van der Waals surface area contributed by atoms with Crippen LogP contribution in [0.5, 0.6) is 0 Å². The minimum Gasteiger partial charge on any atom is -0.385 e. The van der Waals surface area contributed by atoms with E-state index in [4.69, 9.17) is 4.74 Å². The Morgan fingerprint density at radius 2 is 2.12 bits per heavy atom. The smallest absolute Gasteiger partial charge is 0.0465 e. The molecule has 0 bridgehead atoms. The normalized spacial score (nSPS) is 28.2. The molecule has 0 spiro atoms. The van der Waals surface area contributed by atoms with E-state index < -0.39 is 0 Å². The van der Waals surface area contributed by atoms with Gasteiger partial charge in [-0.3, -0.25) is 0 Å². The van der Waals surface area contributed by atoms with Crippen LogP contribution < -0.4 is 5.32 Å². The highest BCUT2D eigenvalue weighted by atomic mass is 16.5. The maximum absolute atomic E-state index is 5.22. The first kappa shape index (κ1) is 15.0. The van der Waals surface area contributed by atoms with E-state index in [0.717, 1.165) is 30.9 Å². The molecule has 0 amide bonds. The second kappa shape index (κ2) is 8.10. The van der Waals surface area contributed by atoms with Gasteiger partial charge in [-0.15, -0.1) is 0 Å². The third kappa shape index (κ3) is 4.97. The number of hydrogen-bond acceptors (Lipinski definition) is 2. The van der Waals surface area contributed by atoms with E-state index in [0.29, 0.717) is 6.04 Å². The molecule has 1 aliphatic carbocycles. The lowest BCUT2D eigenvalue weighted by Crippen LogP contribution is -2.41. The molecule has 1 N–H and O–H groups in total. The monoisotopic (exact) mass is 241 g/mol. The fraction of sp³-hybridized carbons (Fsp3) is 1.00. The fourth-order valence-electron chi connectivity index (χ4n) is 3.20. The van der Waals surface area contributed by atoms with Crippen molar-refractivity contribution in [1.29, 1.82) is 0 Å². The van der Waals surface area contributed by atoms with Crippen molar-refractivity contribution in [1.82, 2.24) is 5.32 Å². The van der Waals surface area contributed by atoms with Crippen LogP contribution in [0.2, 0.25) is 0 Å². The topological polar surface area (TPSA) is 21.3 Å². The van der Waals surface area contributed by atoms with Crippen LogP contribution in [0.3, 0.4) is 0 Å². The lowest BCUT2D eigenvalue weighted by Gasteiger charge is -2.30. The van der Waals surface area contributed by atoms with Crippen molar-refractivity contribution in [3.8, 4) is 0 Å². The van der Waals surface area contributed by atoms with Gasteiger partial charge in [-0.25, -0.2) is 0 Å². The Hall–Kier alpha value is -0.0800. The highest BCUT2D eigenvalue weighted by molar-refractivity contribution is 4.86. The minimum absolute atomic E-state index is 0.704. The Morgan fingerprint density at radius 1 is 1.35 bits per heavy atom. The summed E-state index contributed by atoms with van der Waals surface area (Å²) in [4.78, 5) is 0. The fourth-order valence-corrected chi connectivity index (χ4v) is 3.20.